The topological polar surface area (TPSA) is 95.4 Å². The van der Waals surface area contributed by atoms with E-state index < -0.39 is 11.8 Å². The zero-order valence-electron chi connectivity index (χ0n) is 10.7. The molecule has 2 amide bonds. The summed E-state index contributed by atoms with van der Waals surface area (Å²) in [4.78, 5) is 21.9. The van der Waals surface area contributed by atoms with Gasteiger partial charge >= 0.3 is 0 Å². The first kappa shape index (κ1) is 13.6. The van der Waals surface area contributed by atoms with E-state index in [0.717, 1.165) is 5.56 Å². The Kier molecular flexibility index (Phi) is 4.00. The van der Waals surface area contributed by atoms with Crippen LogP contribution in [0.1, 0.15) is 26.3 Å². The monoisotopic (exact) mass is 270 g/mol. The summed E-state index contributed by atoms with van der Waals surface area (Å²) >= 11 is 0. The molecular weight excluding hydrogens is 256 g/mol. The van der Waals surface area contributed by atoms with E-state index >= 15 is 0 Å². The maximum absolute atomic E-state index is 10.9. The fourth-order valence-corrected chi connectivity index (χ4v) is 1.65. The second-order valence-electron chi connectivity index (χ2n) is 4.24. The number of hydrogen-bond donors (Lipinski definition) is 2. The van der Waals surface area contributed by atoms with Gasteiger partial charge in [-0.05, 0) is 42.0 Å². The van der Waals surface area contributed by atoms with Crippen LogP contribution < -0.4 is 16.2 Å². The van der Waals surface area contributed by atoms with Crippen LogP contribution in [0.5, 0.6) is 5.75 Å². The van der Waals surface area contributed by atoms with Gasteiger partial charge in [0.1, 0.15) is 12.4 Å². The number of rotatable bonds is 5. The molecule has 0 unspecified atom stereocenters. The fraction of sp³-hybridized carbons (Fsp3) is 0.0667. The summed E-state index contributed by atoms with van der Waals surface area (Å²) in [5.74, 6) is -0.299. The fourth-order valence-electron chi connectivity index (χ4n) is 1.65. The van der Waals surface area contributed by atoms with E-state index in [4.69, 9.17) is 16.2 Å². The van der Waals surface area contributed by atoms with Crippen molar-refractivity contribution in [1.29, 1.82) is 0 Å². The molecule has 5 heteroatoms. The van der Waals surface area contributed by atoms with E-state index in [1.54, 1.807) is 48.5 Å². The van der Waals surface area contributed by atoms with Gasteiger partial charge < -0.3 is 16.2 Å². The Labute approximate surface area is 116 Å². The Balaban J connectivity index is 1.97. The molecule has 0 spiro atoms. The number of hydrogen-bond acceptors (Lipinski definition) is 3. The van der Waals surface area contributed by atoms with Crippen molar-refractivity contribution >= 4 is 11.8 Å². The maximum Gasteiger partial charge on any atom is 0.248 e. The lowest BCUT2D eigenvalue weighted by Crippen LogP contribution is -2.11. The summed E-state index contributed by atoms with van der Waals surface area (Å²) in [5.41, 5.74) is 12.1. The number of primary amides is 2. The number of ether oxygens (including phenoxy) is 1. The molecule has 20 heavy (non-hydrogen) atoms. The smallest absolute Gasteiger partial charge is 0.248 e. The maximum atomic E-state index is 10.9. The summed E-state index contributed by atoms with van der Waals surface area (Å²) in [7, 11) is 0. The van der Waals surface area contributed by atoms with E-state index in [-0.39, 0.29) is 0 Å². The van der Waals surface area contributed by atoms with Gasteiger partial charge in [0, 0.05) is 11.1 Å². The third-order valence-corrected chi connectivity index (χ3v) is 2.78. The van der Waals surface area contributed by atoms with Crippen LogP contribution in [0.25, 0.3) is 0 Å². The van der Waals surface area contributed by atoms with Gasteiger partial charge in [-0.1, -0.05) is 12.1 Å². The zero-order valence-corrected chi connectivity index (χ0v) is 10.7. The molecule has 0 aliphatic heterocycles. The third-order valence-electron chi connectivity index (χ3n) is 2.78. The predicted molar refractivity (Wildman–Crippen MR) is 74.3 cm³/mol. The Hall–Kier alpha value is -2.82. The Morgan fingerprint density at radius 2 is 1.25 bits per heavy atom. The van der Waals surface area contributed by atoms with Gasteiger partial charge in [0.15, 0.2) is 0 Å². The van der Waals surface area contributed by atoms with Gasteiger partial charge in [-0.2, -0.15) is 0 Å². The molecular formula is C15H14N2O3. The van der Waals surface area contributed by atoms with E-state index in [2.05, 4.69) is 0 Å². The van der Waals surface area contributed by atoms with Gasteiger partial charge in [0.2, 0.25) is 11.8 Å². The molecule has 0 aromatic heterocycles. The average molecular weight is 270 g/mol. The van der Waals surface area contributed by atoms with Gasteiger partial charge in [-0.15, -0.1) is 0 Å². The van der Waals surface area contributed by atoms with Crippen LogP contribution in [-0.4, -0.2) is 11.8 Å². The Morgan fingerprint density at radius 3 is 1.70 bits per heavy atom. The lowest BCUT2D eigenvalue weighted by Gasteiger charge is -2.07. The van der Waals surface area contributed by atoms with Crippen LogP contribution in [0.15, 0.2) is 48.5 Å². The summed E-state index contributed by atoms with van der Waals surface area (Å²) in [5, 5.41) is 0. The van der Waals surface area contributed by atoms with Crippen LogP contribution in [0.4, 0.5) is 0 Å². The van der Waals surface area contributed by atoms with Gasteiger partial charge in [0.05, 0.1) is 0 Å². The second-order valence-corrected chi connectivity index (χ2v) is 4.24. The predicted octanol–water partition coefficient (Wildman–Crippen LogP) is 1.46. The molecule has 2 aromatic rings. The van der Waals surface area contributed by atoms with E-state index in [1.165, 1.54) is 0 Å². The minimum atomic E-state index is -0.474. The minimum Gasteiger partial charge on any atom is -0.489 e. The third kappa shape index (κ3) is 3.35. The molecule has 0 aliphatic carbocycles. The van der Waals surface area contributed by atoms with Crippen LogP contribution in [0.3, 0.4) is 0 Å². The Morgan fingerprint density at radius 1 is 0.800 bits per heavy atom. The molecule has 0 bridgehead atoms. The number of nitrogens with two attached hydrogens (primary N) is 2. The molecule has 2 aromatic carbocycles. The SMILES string of the molecule is NC(=O)c1ccc(COc2ccc(C(N)=O)cc2)cc1. The number of carbonyl (C=O) groups is 2. The first-order valence-electron chi connectivity index (χ1n) is 5.97. The molecule has 0 atom stereocenters. The van der Waals surface area contributed by atoms with Gasteiger partial charge in [-0.25, -0.2) is 0 Å². The van der Waals surface area contributed by atoms with Crippen molar-refractivity contribution in [2.45, 2.75) is 6.61 Å². The highest BCUT2D eigenvalue weighted by molar-refractivity contribution is 5.93. The van der Waals surface area contributed by atoms with Crippen molar-refractivity contribution < 1.29 is 14.3 Å². The van der Waals surface area contributed by atoms with E-state index in [1.807, 2.05) is 0 Å². The molecule has 2 rings (SSSR count). The van der Waals surface area contributed by atoms with Crippen molar-refractivity contribution in [2.75, 3.05) is 0 Å². The molecule has 5 nitrogen and oxygen atoms in total. The number of amides is 2. The molecule has 0 heterocycles. The highest BCUT2D eigenvalue weighted by Crippen LogP contribution is 2.14. The van der Waals surface area contributed by atoms with Crippen LogP contribution >= 0.6 is 0 Å². The average Bonchev–Trinajstić information content (AvgIpc) is 2.46. The first-order chi connectivity index (χ1) is 9.56. The van der Waals surface area contributed by atoms with Gasteiger partial charge in [-0.3, -0.25) is 9.59 Å². The lowest BCUT2D eigenvalue weighted by atomic mass is 10.1. The van der Waals surface area contributed by atoms with Gasteiger partial charge in [0.25, 0.3) is 0 Å². The number of benzene rings is 2. The summed E-state index contributed by atoms with van der Waals surface area (Å²) in [6, 6.07) is 13.4. The van der Waals surface area contributed by atoms with Crippen molar-refractivity contribution in [3.05, 3.63) is 65.2 Å². The van der Waals surface area contributed by atoms with Crippen molar-refractivity contribution in [1.82, 2.24) is 0 Å². The molecule has 0 aliphatic rings. The highest BCUT2D eigenvalue weighted by Gasteiger charge is 2.02. The summed E-state index contributed by atoms with van der Waals surface area (Å²) < 4.78 is 5.56. The molecule has 0 saturated carbocycles. The zero-order chi connectivity index (χ0) is 14.5. The van der Waals surface area contributed by atoms with Crippen LogP contribution in [0.2, 0.25) is 0 Å². The van der Waals surface area contributed by atoms with E-state index in [0.29, 0.717) is 23.5 Å². The van der Waals surface area contributed by atoms with Crippen molar-refractivity contribution in [3.63, 3.8) is 0 Å². The summed E-state index contributed by atoms with van der Waals surface area (Å²) in [6.45, 7) is 0.356. The number of carbonyl (C=O) groups excluding carboxylic acids is 2. The van der Waals surface area contributed by atoms with Crippen molar-refractivity contribution in [2.24, 2.45) is 11.5 Å². The van der Waals surface area contributed by atoms with Crippen LogP contribution in [-0.2, 0) is 6.61 Å². The van der Waals surface area contributed by atoms with E-state index in [9.17, 15) is 9.59 Å². The lowest BCUT2D eigenvalue weighted by molar-refractivity contribution is 0.0991. The minimum absolute atomic E-state index is 0.356. The highest BCUT2D eigenvalue weighted by atomic mass is 16.5. The summed E-state index contributed by atoms with van der Waals surface area (Å²) in [6.07, 6.45) is 0. The quantitative estimate of drug-likeness (QED) is 0.861. The normalized spacial score (nSPS) is 10.0. The Bertz CT molecular complexity index is 561. The second kappa shape index (κ2) is 5.88. The standard InChI is InChI=1S/C15H14N2O3/c16-14(18)11-3-1-10(2-4-11)9-20-13-7-5-12(6-8-13)15(17)19/h1-8H,9H2,(H2,16,18)(H2,17,19). The molecule has 0 fully saturated rings. The molecule has 4 N–H and O–H groups in total. The largest absolute Gasteiger partial charge is 0.489 e. The molecule has 0 saturated heterocycles. The first-order valence-corrected chi connectivity index (χ1v) is 5.97. The van der Waals surface area contributed by atoms with Crippen molar-refractivity contribution in [3.8, 4) is 5.75 Å². The van der Waals surface area contributed by atoms with Crippen LogP contribution in [0, 0.1) is 0 Å². The molecule has 0 radical (unpaired) electrons. The molecule has 102 valence electrons.